The highest BCUT2D eigenvalue weighted by molar-refractivity contribution is 7.17. The number of piperidine rings is 1. The zero-order chi connectivity index (χ0) is 24.9. The smallest absolute Gasteiger partial charge is 0.417 e. The number of carboxylic acid groups (broad SMARTS) is 1. The van der Waals surface area contributed by atoms with Gasteiger partial charge in [0.05, 0.1) is 45.6 Å². The molecule has 2 aliphatic rings. The number of rotatable bonds is 3. The first-order valence-corrected chi connectivity index (χ1v) is 12.0. The highest BCUT2D eigenvalue weighted by atomic mass is 32.1. The first-order valence-electron chi connectivity index (χ1n) is 11.2. The Bertz CT molecular complexity index is 1300. The molecule has 2 N–H and O–H groups in total. The van der Waals surface area contributed by atoms with E-state index in [4.69, 9.17) is 0 Å². The molecule has 0 atom stereocenters. The Hall–Kier alpha value is -3.35. The Balaban J connectivity index is 1.41. The first kappa shape index (κ1) is 23.4. The summed E-state index contributed by atoms with van der Waals surface area (Å²) in [5.41, 5.74) is 1.12. The van der Waals surface area contributed by atoms with Gasteiger partial charge in [0.25, 0.3) is 5.91 Å². The van der Waals surface area contributed by atoms with E-state index in [0.29, 0.717) is 39.0 Å². The molecular weight excluding hydrogens is 485 g/mol. The molecule has 0 bridgehead atoms. The molecule has 2 amide bonds. The van der Waals surface area contributed by atoms with E-state index in [1.807, 2.05) is 9.47 Å². The largest absolute Gasteiger partial charge is 0.465 e. The van der Waals surface area contributed by atoms with Gasteiger partial charge in [-0.3, -0.25) is 4.79 Å². The third-order valence-electron chi connectivity index (χ3n) is 6.69. The molecule has 186 valence electrons. The zero-order valence-corrected chi connectivity index (χ0v) is 19.6. The highest BCUT2D eigenvalue weighted by Gasteiger charge is 2.36. The Kier molecular flexibility index (Phi) is 5.82. The standard InChI is InChI=1S/C22H23F3N6O3S/c1-26-20(32)13-10-35-19-14(22(23,24)25)8-16(28-18(13)19)29-4-2-12(3-5-29)17-15-9-30(21(33)34)6-7-31(15)11-27-17/h8,10-12H,2-7,9H2,1H3,(H,26,32)(H,33,34). The fraction of sp³-hybridized carbons (Fsp3) is 0.455. The van der Waals surface area contributed by atoms with E-state index in [9.17, 15) is 27.9 Å². The number of carbonyl (C=O) groups excluding carboxylic acids is 1. The SMILES string of the molecule is CNC(=O)c1csc2c(C(F)(F)F)cc(N3CCC(c4ncn5c4CN(C(=O)O)CC5)CC3)nc12. The van der Waals surface area contributed by atoms with Crippen LogP contribution in [-0.4, -0.2) is 63.2 Å². The minimum absolute atomic E-state index is 0.0534. The number of halogens is 3. The summed E-state index contributed by atoms with van der Waals surface area (Å²) in [7, 11) is 1.43. The van der Waals surface area contributed by atoms with Crippen molar-refractivity contribution in [1.29, 1.82) is 0 Å². The molecule has 0 aliphatic carbocycles. The molecule has 5 heterocycles. The minimum Gasteiger partial charge on any atom is -0.465 e. The van der Waals surface area contributed by atoms with Crippen molar-refractivity contribution in [3.63, 3.8) is 0 Å². The van der Waals surface area contributed by atoms with E-state index in [-0.39, 0.29) is 34.1 Å². The van der Waals surface area contributed by atoms with Crippen LogP contribution in [0.5, 0.6) is 0 Å². The van der Waals surface area contributed by atoms with Crippen LogP contribution >= 0.6 is 11.3 Å². The van der Waals surface area contributed by atoms with Crippen LogP contribution in [0.15, 0.2) is 17.8 Å². The fourth-order valence-corrected chi connectivity index (χ4v) is 5.85. The van der Waals surface area contributed by atoms with E-state index in [1.165, 1.54) is 17.3 Å². The lowest BCUT2D eigenvalue weighted by molar-refractivity contribution is -0.136. The van der Waals surface area contributed by atoms with Gasteiger partial charge in [0.15, 0.2) is 0 Å². The van der Waals surface area contributed by atoms with Crippen LogP contribution in [0.2, 0.25) is 0 Å². The monoisotopic (exact) mass is 508 g/mol. The summed E-state index contributed by atoms with van der Waals surface area (Å²) in [6.07, 6.45) is -2.53. The van der Waals surface area contributed by atoms with Gasteiger partial charge in [-0.1, -0.05) is 0 Å². The molecule has 35 heavy (non-hydrogen) atoms. The molecule has 2 aliphatic heterocycles. The van der Waals surface area contributed by atoms with Crippen LogP contribution < -0.4 is 10.2 Å². The summed E-state index contributed by atoms with van der Waals surface area (Å²) in [5, 5.41) is 13.2. The number of pyridine rings is 1. The molecule has 3 aromatic heterocycles. The number of nitrogens with one attached hydrogen (secondary N) is 1. The maximum Gasteiger partial charge on any atom is 0.417 e. The lowest BCUT2D eigenvalue weighted by Crippen LogP contribution is -2.38. The summed E-state index contributed by atoms with van der Waals surface area (Å²) in [6, 6.07) is 1.07. The number of imidazole rings is 1. The van der Waals surface area contributed by atoms with Crippen molar-refractivity contribution in [1.82, 2.24) is 24.8 Å². The summed E-state index contributed by atoms with van der Waals surface area (Å²) >= 11 is 0.862. The molecule has 13 heteroatoms. The second-order valence-electron chi connectivity index (χ2n) is 8.67. The zero-order valence-electron chi connectivity index (χ0n) is 18.8. The Morgan fingerprint density at radius 2 is 1.94 bits per heavy atom. The molecule has 1 fully saturated rings. The van der Waals surface area contributed by atoms with Gasteiger partial charge in [-0.25, -0.2) is 14.8 Å². The molecule has 3 aromatic rings. The lowest BCUT2D eigenvalue weighted by Gasteiger charge is -2.34. The average molecular weight is 509 g/mol. The van der Waals surface area contributed by atoms with Crippen LogP contribution in [0.1, 0.15) is 46.1 Å². The number of thiophene rings is 1. The van der Waals surface area contributed by atoms with Crippen molar-refractivity contribution in [2.75, 3.05) is 31.6 Å². The van der Waals surface area contributed by atoms with E-state index in [1.54, 1.807) is 6.33 Å². The van der Waals surface area contributed by atoms with Crippen molar-refractivity contribution in [3.05, 3.63) is 40.3 Å². The maximum absolute atomic E-state index is 13.9. The van der Waals surface area contributed by atoms with Gasteiger partial charge in [-0.15, -0.1) is 11.3 Å². The molecule has 0 spiro atoms. The van der Waals surface area contributed by atoms with Crippen LogP contribution in [0.25, 0.3) is 10.2 Å². The normalized spacial score (nSPS) is 17.0. The van der Waals surface area contributed by atoms with Crippen LogP contribution in [-0.2, 0) is 19.3 Å². The van der Waals surface area contributed by atoms with Gasteiger partial charge >= 0.3 is 12.3 Å². The van der Waals surface area contributed by atoms with Crippen LogP contribution in [0, 0.1) is 0 Å². The number of aromatic nitrogens is 3. The van der Waals surface area contributed by atoms with Crippen molar-refractivity contribution in [2.24, 2.45) is 0 Å². The van der Waals surface area contributed by atoms with Crippen LogP contribution in [0.4, 0.5) is 23.8 Å². The molecule has 0 aromatic carbocycles. The van der Waals surface area contributed by atoms with Crippen LogP contribution in [0.3, 0.4) is 0 Å². The van der Waals surface area contributed by atoms with Gasteiger partial charge in [0, 0.05) is 44.5 Å². The van der Waals surface area contributed by atoms with Gasteiger partial charge in [0.1, 0.15) is 5.82 Å². The quantitative estimate of drug-likeness (QED) is 0.559. The van der Waals surface area contributed by atoms with E-state index < -0.39 is 23.7 Å². The third kappa shape index (κ3) is 4.17. The first-order chi connectivity index (χ1) is 16.7. The maximum atomic E-state index is 13.9. The van der Waals surface area contributed by atoms with Gasteiger partial charge in [-0.05, 0) is 18.9 Å². The van der Waals surface area contributed by atoms with Crippen molar-refractivity contribution >= 4 is 39.4 Å². The van der Waals surface area contributed by atoms with E-state index >= 15 is 0 Å². The molecule has 0 saturated carbocycles. The second kappa shape index (κ2) is 8.70. The van der Waals surface area contributed by atoms with Gasteiger partial charge in [-0.2, -0.15) is 13.2 Å². The molecule has 1 saturated heterocycles. The fourth-order valence-electron chi connectivity index (χ4n) is 4.83. The summed E-state index contributed by atoms with van der Waals surface area (Å²) in [5.74, 6) is -0.215. The molecule has 0 unspecified atom stereocenters. The number of alkyl halides is 3. The highest BCUT2D eigenvalue weighted by Crippen LogP contribution is 2.41. The van der Waals surface area contributed by atoms with Crippen molar-refractivity contribution < 1.29 is 27.9 Å². The molecule has 5 rings (SSSR count). The summed E-state index contributed by atoms with van der Waals surface area (Å²) < 4.78 is 43.5. The average Bonchev–Trinajstić information content (AvgIpc) is 3.46. The van der Waals surface area contributed by atoms with E-state index in [0.717, 1.165) is 28.8 Å². The molecule has 9 nitrogen and oxygen atoms in total. The Labute approximate surface area is 202 Å². The minimum atomic E-state index is -4.58. The van der Waals surface area contributed by atoms with Crippen molar-refractivity contribution in [2.45, 2.75) is 38.0 Å². The number of nitrogens with zero attached hydrogens (tertiary/aromatic N) is 5. The molecule has 0 radical (unpaired) electrons. The number of carbonyl (C=O) groups is 2. The number of hydrogen-bond acceptors (Lipinski definition) is 6. The number of amides is 2. The molecular formula is C22H23F3N6O3S. The summed E-state index contributed by atoms with van der Waals surface area (Å²) in [6.45, 7) is 2.17. The second-order valence-corrected chi connectivity index (χ2v) is 9.55. The predicted molar refractivity (Wildman–Crippen MR) is 123 cm³/mol. The Morgan fingerprint density at radius 1 is 1.20 bits per heavy atom. The number of fused-ring (bicyclic) bond motifs is 2. The van der Waals surface area contributed by atoms with Gasteiger partial charge in [0.2, 0.25) is 0 Å². The topological polar surface area (TPSA) is 104 Å². The lowest BCUT2D eigenvalue weighted by atomic mass is 9.91. The van der Waals surface area contributed by atoms with Crippen molar-refractivity contribution in [3.8, 4) is 0 Å². The third-order valence-corrected chi connectivity index (χ3v) is 7.70. The summed E-state index contributed by atoms with van der Waals surface area (Å²) in [4.78, 5) is 35.8. The predicted octanol–water partition coefficient (Wildman–Crippen LogP) is 3.75. The number of hydrogen-bond donors (Lipinski definition) is 2. The number of anilines is 1. The van der Waals surface area contributed by atoms with Gasteiger partial charge < -0.3 is 24.8 Å². The Morgan fingerprint density at radius 3 is 2.60 bits per heavy atom. The van der Waals surface area contributed by atoms with E-state index in [2.05, 4.69) is 15.3 Å².